The van der Waals surface area contributed by atoms with Crippen molar-refractivity contribution in [3.8, 4) is 0 Å². The van der Waals surface area contributed by atoms with Crippen LogP contribution in [-0.2, 0) is 0 Å². The van der Waals surface area contributed by atoms with Gasteiger partial charge in [0.05, 0.1) is 5.56 Å². The van der Waals surface area contributed by atoms with Gasteiger partial charge >= 0.3 is 6.03 Å². The minimum absolute atomic E-state index is 0.243. The van der Waals surface area contributed by atoms with E-state index in [0.29, 0.717) is 35.0 Å². The Balaban J connectivity index is 2.34. The zero-order chi connectivity index (χ0) is 17.0. The Morgan fingerprint density at radius 2 is 2.09 bits per heavy atom. The summed E-state index contributed by atoms with van der Waals surface area (Å²) in [4.78, 5) is 26.2. The van der Waals surface area contributed by atoms with Crippen LogP contribution in [0, 0.1) is 6.92 Å². The second-order valence-corrected chi connectivity index (χ2v) is 6.31. The van der Waals surface area contributed by atoms with Crippen LogP contribution < -0.4 is 0 Å². The molecule has 1 amide bonds. The molecular formula is C16H18ClN3O2S. The summed E-state index contributed by atoms with van der Waals surface area (Å²) in [6.07, 6.45) is 2.18. The Kier molecular flexibility index (Phi) is 5.85. The molecule has 0 N–H and O–H groups in total. The third-order valence-electron chi connectivity index (χ3n) is 3.49. The molecule has 0 bridgehead atoms. The lowest BCUT2D eigenvalue weighted by Crippen LogP contribution is -2.34. The van der Waals surface area contributed by atoms with Gasteiger partial charge in [-0.3, -0.25) is 4.79 Å². The van der Waals surface area contributed by atoms with Gasteiger partial charge in [-0.15, -0.1) is 0 Å². The average molecular weight is 352 g/mol. The van der Waals surface area contributed by atoms with Gasteiger partial charge < -0.3 is 4.90 Å². The number of hydrogen-bond acceptors (Lipinski definition) is 4. The number of carbonyl (C=O) groups is 2. The number of nitrogens with zero attached hydrogens (tertiary/aromatic N) is 3. The Labute approximate surface area is 144 Å². The Hall–Kier alpha value is -1.79. The number of benzene rings is 1. The highest BCUT2D eigenvalue weighted by Gasteiger charge is 2.18. The lowest BCUT2D eigenvalue weighted by atomic mass is 10.2. The Morgan fingerprint density at radius 1 is 1.39 bits per heavy atom. The number of halogens is 1. The normalized spacial score (nSPS) is 10.6. The SMILES string of the molecule is CCN(CC)C(=O)n1cc(C=O)c(Sc2cccc(Cl)c2C)n1. The van der Waals surface area contributed by atoms with E-state index in [9.17, 15) is 9.59 Å². The summed E-state index contributed by atoms with van der Waals surface area (Å²) in [5, 5.41) is 5.42. The van der Waals surface area contributed by atoms with E-state index in [1.165, 1.54) is 22.6 Å². The van der Waals surface area contributed by atoms with Crippen molar-refractivity contribution >= 4 is 35.7 Å². The van der Waals surface area contributed by atoms with Crippen LogP contribution in [-0.4, -0.2) is 40.1 Å². The Bertz CT molecular complexity index is 726. The maximum Gasteiger partial charge on any atom is 0.344 e. The molecule has 23 heavy (non-hydrogen) atoms. The van der Waals surface area contributed by atoms with Crippen molar-refractivity contribution in [2.75, 3.05) is 13.1 Å². The van der Waals surface area contributed by atoms with Crippen molar-refractivity contribution in [2.45, 2.75) is 30.7 Å². The first-order valence-electron chi connectivity index (χ1n) is 7.28. The van der Waals surface area contributed by atoms with E-state index in [0.717, 1.165) is 10.5 Å². The molecule has 0 atom stereocenters. The minimum atomic E-state index is -0.243. The van der Waals surface area contributed by atoms with Gasteiger partial charge in [-0.05, 0) is 38.5 Å². The molecule has 7 heteroatoms. The van der Waals surface area contributed by atoms with Gasteiger partial charge in [0.2, 0.25) is 0 Å². The summed E-state index contributed by atoms with van der Waals surface area (Å²) in [7, 11) is 0. The molecule has 1 aromatic heterocycles. The fourth-order valence-corrected chi connectivity index (χ4v) is 3.27. The van der Waals surface area contributed by atoms with Crippen LogP contribution in [0.1, 0.15) is 29.8 Å². The van der Waals surface area contributed by atoms with Crippen LogP contribution in [0.3, 0.4) is 0 Å². The number of hydrogen-bond donors (Lipinski definition) is 0. The number of carbonyl (C=O) groups excluding carboxylic acids is 2. The van der Waals surface area contributed by atoms with E-state index < -0.39 is 0 Å². The molecule has 0 aliphatic rings. The molecule has 0 aliphatic heterocycles. The highest BCUT2D eigenvalue weighted by molar-refractivity contribution is 7.99. The van der Waals surface area contributed by atoms with E-state index >= 15 is 0 Å². The van der Waals surface area contributed by atoms with Crippen LogP contribution in [0.4, 0.5) is 4.79 Å². The lowest BCUT2D eigenvalue weighted by molar-refractivity contribution is 0.112. The summed E-state index contributed by atoms with van der Waals surface area (Å²) in [6.45, 7) is 6.87. The summed E-state index contributed by atoms with van der Waals surface area (Å²) in [5.41, 5.74) is 1.30. The van der Waals surface area contributed by atoms with Crippen LogP contribution in [0.25, 0.3) is 0 Å². The van der Waals surface area contributed by atoms with E-state index in [1.807, 2.05) is 39.0 Å². The van der Waals surface area contributed by atoms with Crippen molar-refractivity contribution in [1.29, 1.82) is 0 Å². The lowest BCUT2D eigenvalue weighted by Gasteiger charge is -2.17. The van der Waals surface area contributed by atoms with Gasteiger partial charge in [-0.2, -0.15) is 9.78 Å². The predicted octanol–water partition coefficient (Wildman–Crippen LogP) is 4.12. The molecule has 0 saturated heterocycles. The zero-order valence-electron chi connectivity index (χ0n) is 13.2. The average Bonchev–Trinajstić information content (AvgIpc) is 2.96. The monoisotopic (exact) mass is 351 g/mol. The molecule has 2 rings (SSSR count). The first kappa shape index (κ1) is 17.6. The molecule has 0 radical (unpaired) electrons. The van der Waals surface area contributed by atoms with E-state index in [-0.39, 0.29) is 6.03 Å². The van der Waals surface area contributed by atoms with E-state index in [2.05, 4.69) is 5.10 Å². The topological polar surface area (TPSA) is 55.2 Å². The molecule has 1 heterocycles. The van der Waals surface area contributed by atoms with Gasteiger partial charge in [0.1, 0.15) is 5.03 Å². The first-order chi connectivity index (χ1) is 11.0. The second kappa shape index (κ2) is 7.66. The van der Waals surface area contributed by atoms with Crippen LogP contribution >= 0.6 is 23.4 Å². The molecule has 0 aliphatic carbocycles. The van der Waals surface area contributed by atoms with Gasteiger partial charge in [0, 0.05) is 29.2 Å². The van der Waals surface area contributed by atoms with E-state index in [1.54, 1.807) is 4.90 Å². The van der Waals surface area contributed by atoms with Gasteiger partial charge in [-0.25, -0.2) is 4.79 Å². The highest BCUT2D eigenvalue weighted by Crippen LogP contribution is 2.33. The molecule has 0 unspecified atom stereocenters. The summed E-state index contributed by atoms with van der Waals surface area (Å²) in [5.74, 6) is 0. The largest absolute Gasteiger partial charge is 0.344 e. The number of rotatable bonds is 5. The van der Waals surface area contributed by atoms with Gasteiger partial charge in [0.25, 0.3) is 0 Å². The third kappa shape index (κ3) is 3.76. The van der Waals surface area contributed by atoms with Crippen LogP contribution in [0.2, 0.25) is 5.02 Å². The maximum absolute atomic E-state index is 12.3. The molecule has 0 spiro atoms. The number of aldehydes is 1. The predicted molar refractivity (Wildman–Crippen MR) is 91.6 cm³/mol. The van der Waals surface area contributed by atoms with Crippen molar-refractivity contribution in [1.82, 2.24) is 14.7 Å². The third-order valence-corrected chi connectivity index (χ3v) is 5.07. The summed E-state index contributed by atoms with van der Waals surface area (Å²) >= 11 is 7.45. The maximum atomic E-state index is 12.3. The first-order valence-corrected chi connectivity index (χ1v) is 8.48. The quantitative estimate of drug-likeness (QED) is 0.760. The highest BCUT2D eigenvalue weighted by atomic mass is 35.5. The molecule has 2 aromatic rings. The number of amides is 1. The van der Waals surface area contributed by atoms with Crippen molar-refractivity contribution in [3.63, 3.8) is 0 Å². The fourth-order valence-electron chi connectivity index (χ4n) is 2.07. The van der Waals surface area contributed by atoms with Gasteiger partial charge in [-0.1, -0.05) is 29.4 Å². The summed E-state index contributed by atoms with van der Waals surface area (Å²) in [6, 6.07) is 5.32. The van der Waals surface area contributed by atoms with Crippen molar-refractivity contribution in [3.05, 3.63) is 40.5 Å². The fraction of sp³-hybridized carbons (Fsp3) is 0.312. The smallest absolute Gasteiger partial charge is 0.323 e. The molecule has 5 nitrogen and oxygen atoms in total. The second-order valence-electron chi connectivity index (χ2n) is 4.87. The molecule has 0 fully saturated rings. The Morgan fingerprint density at radius 3 is 2.70 bits per heavy atom. The molecular weight excluding hydrogens is 334 g/mol. The zero-order valence-corrected chi connectivity index (χ0v) is 14.8. The molecule has 0 saturated carbocycles. The standard InChI is InChI=1S/C16H18ClN3O2S/c1-4-19(5-2)16(22)20-9-12(10-21)15(18-20)23-14-8-6-7-13(17)11(14)3/h6-10H,4-5H2,1-3H3. The van der Waals surface area contributed by atoms with Gasteiger partial charge in [0.15, 0.2) is 6.29 Å². The molecule has 122 valence electrons. The molecule has 1 aromatic carbocycles. The van der Waals surface area contributed by atoms with Crippen LogP contribution in [0.15, 0.2) is 34.3 Å². The summed E-state index contributed by atoms with van der Waals surface area (Å²) < 4.78 is 1.22. The van der Waals surface area contributed by atoms with Crippen molar-refractivity contribution < 1.29 is 9.59 Å². The number of aromatic nitrogens is 2. The van der Waals surface area contributed by atoms with E-state index in [4.69, 9.17) is 11.6 Å². The van der Waals surface area contributed by atoms with Crippen LogP contribution in [0.5, 0.6) is 0 Å². The van der Waals surface area contributed by atoms with Crippen molar-refractivity contribution in [2.24, 2.45) is 0 Å². The minimum Gasteiger partial charge on any atom is -0.323 e.